The topological polar surface area (TPSA) is 85.3 Å². The van der Waals surface area contributed by atoms with Crippen LogP contribution >= 0.6 is 0 Å². The Kier molecular flexibility index (Phi) is 4.34. The highest BCUT2D eigenvalue weighted by molar-refractivity contribution is 7.90. The molecule has 9 rings (SSSR count). The molecule has 0 amide bonds. The number of fused-ring (bicyclic) bond motifs is 6. The van der Waals surface area contributed by atoms with Gasteiger partial charge >= 0.3 is 0 Å². The summed E-state index contributed by atoms with van der Waals surface area (Å²) in [7, 11) is -3.06. The second-order valence-electron chi connectivity index (χ2n) is 13.1. The zero-order chi connectivity index (χ0) is 27.9. The second kappa shape index (κ2) is 7.48. The minimum atomic E-state index is -3.06. The predicted molar refractivity (Wildman–Crippen MR) is 154 cm³/mol. The van der Waals surface area contributed by atoms with Gasteiger partial charge in [0, 0.05) is 33.1 Å². The first kappa shape index (κ1) is 23.8. The van der Waals surface area contributed by atoms with Crippen molar-refractivity contribution in [1.82, 2.24) is 0 Å². The van der Waals surface area contributed by atoms with Crippen LogP contribution in [0.1, 0.15) is 78.1 Å². The lowest BCUT2D eigenvalue weighted by atomic mass is 9.74. The Labute approximate surface area is 237 Å². The van der Waals surface area contributed by atoms with Crippen LogP contribution in [0.3, 0.4) is 0 Å². The molecule has 202 valence electrons. The average Bonchev–Trinajstić information content (AvgIpc) is 3.65. The lowest BCUT2D eigenvalue weighted by molar-refractivity contribution is -0.133. The van der Waals surface area contributed by atoms with Gasteiger partial charge in [-0.1, -0.05) is 48.5 Å². The third-order valence-corrected chi connectivity index (χ3v) is 12.1. The number of benzene rings is 4. The van der Waals surface area contributed by atoms with Crippen molar-refractivity contribution >= 4 is 38.0 Å². The summed E-state index contributed by atoms with van der Waals surface area (Å²) in [5, 5.41) is 1.86. The van der Waals surface area contributed by atoms with E-state index in [-0.39, 0.29) is 23.1 Å². The number of rotatable bonds is 0. The van der Waals surface area contributed by atoms with Crippen LogP contribution in [-0.4, -0.2) is 25.8 Å². The van der Waals surface area contributed by atoms with Gasteiger partial charge < -0.3 is 0 Å². The maximum atomic E-state index is 14.4. The zero-order valence-electron chi connectivity index (χ0n) is 22.4. The van der Waals surface area contributed by atoms with Gasteiger partial charge in [-0.2, -0.15) is 0 Å². The summed E-state index contributed by atoms with van der Waals surface area (Å²) in [5.41, 5.74) is 7.42. The van der Waals surface area contributed by atoms with Crippen molar-refractivity contribution in [3.8, 4) is 0 Å². The lowest BCUT2D eigenvalue weighted by Crippen LogP contribution is -2.37. The van der Waals surface area contributed by atoms with Crippen LogP contribution in [0, 0.1) is 10.8 Å². The van der Waals surface area contributed by atoms with Crippen molar-refractivity contribution in [3.05, 3.63) is 116 Å². The molecule has 0 saturated heterocycles. The van der Waals surface area contributed by atoms with Gasteiger partial charge in [0.25, 0.3) is 0 Å². The van der Waals surface area contributed by atoms with Crippen LogP contribution in [0.25, 0.3) is 10.8 Å². The molecule has 4 aliphatic carbocycles. The smallest absolute Gasteiger partial charge is 0.194 e. The first-order valence-corrected chi connectivity index (χ1v) is 16.1. The molecule has 0 aromatic heterocycles. The largest absolute Gasteiger partial charge is 0.298 e. The van der Waals surface area contributed by atoms with Crippen molar-refractivity contribution in [3.63, 3.8) is 0 Å². The SMILES string of the molecule is O=C1c2ccccc2C(=O)c2cc3cc4c(cc3cc21)CC1(CCC2(Cc3cc5c(cc3C2)CS(=O)(=O)C5)C1=O)C4. The Hall–Kier alpha value is -3.90. The fraction of sp³-hybridized carbons (Fsp3) is 0.286. The standard InChI is InChI=1S/C35H26O5S/c36-31-27-3-1-2-4-28(27)32(37)30-12-20-8-22-14-34(13-21(22)7-19(20)11-29(30)31)5-6-35(33(34)38)15-23-9-25-17-41(39,40)18-26(25)10-24(23)16-35/h1-4,7-12H,5-6,13-18H2. The molecule has 5 aliphatic rings. The number of Topliss-reactive ketones (excluding diaryl/α,β-unsaturated/α-hetero) is 1. The molecule has 4 aromatic carbocycles. The van der Waals surface area contributed by atoms with Crippen LogP contribution < -0.4 is 0 Å². The Morgan fingerprint density at radius 2 is 0.927 bits per heavy atom. The molecule has 41 heavy (non-hydrogen) atoms. The van der Waals surface area contributed by atoms with Crippen molar-refractivity contribution < 1.29 is 22.8 Å². The molecule has 4 aromatic rings. The van der Waals surface area contributed by atoms with Crippen LogP contribution in [0.15, 0.2) is 60.7 Å². The number of sulfone groups is 1. The molecular weight excluding hydrogens is 532 g/mol. The fourth-order valence-corrected chi connectivity index (χ4v) is 10.3. The van der Waals surface area contributed by atoms with Crippen molar-refractivity contribution in [2.45, 2.75) is 50.0 Å². The van der Waals surface area contributed by atoms with E-state index < -0.39 is 20.7 Å². The highest BCUT2D eigenvalue weighted by atomic mass is 32.2. The van der Waals surface area contributed by atoms with Gasteiger partial charge in [0.2, 0.25) is 0 Å². The molecule has 2 spiro atoms. The van der Waals surface area contributed by atoms with Crippen molar-refractivity contribution in [1.29, 1.82) is 0 Å². The average molecular weight is 559 g/mol. The summed E-state index contributed by atoms with van der Waals surface area (Å²) in [6.45, 7) is 0. The molecule has 1 saturated carbocycles. The van der Waals surface area contributed by atoms with E-state index in [9.17, 15) is 22.8 Å². The van der Waals surface area contributed by atoms with Gasteiger partial charge in [-0.15, -0.1) is 0 Å². The lowest BCUT2D eigenvalue weighted by Gasteiger charge is -2.26. The number of carbonyl (C=O) groups excluding carboxylic acids is 3. The van der Waals surface area contributed by atoms with Gasteiger partial charge in [-0.25, -0.2) is 8.42 Å². The van der Waals surface area contributed by atoms with Crippen LogP contribution in [0.4, 0.5) is 0 Å². The summed E-state index contributed by atoms with van der Waals surface area (Å²) in [6.07, 6.45) is 4.51. The van der Waals surface area contributed by atoms with E-state index in [0.29, 0.717) is 53.7 Å². The van der Waals surface area contributed by atoms with Crippen molar-refractivity contribution in [2.24, 2.45) is 10.8 Å². The van der Waals surface area contributed by atoms with E-state index in [1.807, 2.05) is 12.1 Å². The van der Waals surface area contributed by atoms with Crippen LogP contribution in [-0.2, 0) is 51.8 Å². The molecule has 0 N–H and O–H groups in total. The van der Waals surface area contributed by atoms with E-state index in [2.05, 4.69) is 24.3 Å². The van der Waals surface area contributed by atoms with E-state index in [4.69, 9.17) is 0 Å². The Morgan fingerprint density at radius 3 is 1.37 bits per heavy atom. The van der Waals surface area contributed by atoms with Crippen LogP contribution in [0.2, 0.25) is 0 Å². The monoisotopic (exact) mass is 558 g/mol. The molecule has 1 aliphatic heterocycles. The Balaban J connectivity index is 1.05. The summed E-state index contributed by atoms with van der Waals surface area (Å²) in [4.78, 5) is 40.9. The molecule has 1 heterocycles. The van der Waals surface area contributed by atoms with E-state index in [1.54, 1.807) is 24.3 Å². The fourth-order valence-electron chi connectivity index (χ4n) is 8.76. The zero-order valence-corrected chi connectivity index (χ0v) is 23.2. The Morgan fingerprint density at radius 1 is 0.512 bits per heavy atom. The number of ketones is 3. The summed E-state index contributed by atoms with van der Waals surface area (Å²) < 4.78 is 24.3. The van der Waals surface area contributed by atoms with E-state index in [1.165, 1.54) is 0 Å². The van der Waals surface area contributed by atoms with Gasteiger partial charge in [-0.05, 0) is 94.8 Å². The first-order chi connectivity index (χ1) is 19.6. The maximum Gasteiger partial charge on any atom is 0.194 e. The predicted octanol–water partition coefficient (Wildman–Crippen LogP) is 5.28. The van der Waals surface area contributed by atoms with E-state index >= 15 is 0 Å². The summed E-state index contributed by atoms with van der Waals surface area (Å²) in [5.74, 6) is 0.332. The minimum absolute atomic E-state index is 0.107. The van der Waals surface area contributed by atoms with Crippen LogP contribution in [0.5, 0.6) is 0 Å². The molecule has 0 atom stereocenters. The quantitative estimate of drug-likeness (QED) is 0.258. The molecule has 5 nitrogen and oxygen atoms in total. The Bertz CT molecular complexity index is 1960. The first-order valence-electron chi connectivity index (χ1n) is 14.3. The van der Waals surface area contributed by atoms with Gasteiger partial charge in [0.1, 0.15) is 5.78 Å². The number of hydrogen-bond donors (Lipinski definition) is 0. The van der Waals surface area contributed by atoms with Gasteiger partial charge in [0.05, 0.1) is 11.5 Å². The molecule has 6 heteroatoms. The second-order valence-corrected chi connectivity index (χ2v) is 15.2. The molecular formula is C35H26O5S. The number of carbonyl (C=O) groups is 3. The molecule has 0 bridgehead atoms. The highest BCUT2D eigenvalue weighted by Crippen LogP contribution is 2.58. The molecule has 1 fully saturated rings. The number of hydrogen-bond acceptors (Lipinski definition) is 5. The molecule has 0 radical (unpaired) electrons. The van der Waals surface area contributed by atoms with Gasteiger partial charge in [0.15, 0.2) is 21.4 Å². The van der Waals surface area contributed by atoms with Gasteiger partial charge in [-0.3, -0.25) is 14.4 Å². The van der Waals surface area contributed by atoms with E-state index in [0.717, 1.165) is 57.0 Å². The van der Waals surface area contributed by atoms with Crippen molar-refractivity contribution in [2.75, 3.05) is 0 Å². The minimum Gasteiger partial charge on any atom is -0.298 e. The molecule has 0 unspecified atom stereocenters. The maximum absolute atomic E-state index is 14.4. The summed E-state index contributed by atoms with van der Waals surface area (Å²) >= 11 is 0. The normalized spacial score (nSPS) is 21.8. The summed E-state index contributed by atoms with van der Waals surface area (Å²) in [6, 6.07) is 19.1. The third kappa shape index (κ3) is 3.11. The third-order valence-electron chi connectivity index (χ3n) is 10.6. The highest BCUT2D eigenvalue weighted by Gasteiger charge is 2.59.